The normalized spacial score (nSPS) is 15.8. The van der Waals surface area contributed by atoms with Crippen LogP contribution in [0.4, 0.5) is 13.2 Å². The number of aryl methyl sites for hydroxylation is 1. The first-order valence-electron chi connectivity index (χ1n) is 15.8. The molecule has 1 atom stereocenters. The van der Waals surface area contributed by atoms with Crippen molar-refractivity contribution in [1.29, 1.82) is 5.26 Å². The first-order valence-corrected chi connectivity index (χ1v) is 15.8. The van der Waals surface area contributed by atoms with Gasteiger partial charge in [0, 0.05) is 24.1 Å². The molecule has 6 nitrogen and oxygen atoms in total. The van der Waals surface area contributed by atoms with E-state index >= 15 is 0 Å². The average Bonchev–Trinajstić information content (AvgIpc) is 3.82. The maximum atomic E-state index is 14.7. The minimum absolute atomic E-state index is 0.0131. The molecule has 0 bridgehead atoms. The van der Waals surface area contributed by atoms with Crippen LogP contribution in [-0.2, 0) is 16.6 Å². The molecule has 46 heavy (non-hydrogen) atoms. The molecule has 2 aromatic carbocycles. The molecule has 1 fully saturated rings. The molecule has 1 aliphatic rings. The van der Waals surface area contributed by atoms with Crippen LogP contribution < -0.4 is 0 Å². The van der Waals surface area contributed by atoms with E-state index in [9.17, 15) is 38.2 Å². The lowest BCUT2D eigenvalue weighted by molar-refractivity contribution is -0.118. The summed E-state index contributed by atoms with van der Waals surface area (Å²) in [6.07, 6.45) is 2.50. The van der Waals surface area contributed by atoms with Crippen LogP contribution in [-0.4, -0.2) is 40.2 Å². The van der Waals surface area contributed by atoms with Gasteiger partial charge in [0.2, 0.25) is 0 Å². The van der Waals surface area contributed by atoms with E-state index in [1.807, 2.05) is 32.9 Å². The number of Topliss-reactive ketones (excluding diaryl/α,β-unsaturated/α-hetero) is 2. The third-order valence-corrected chi connectivity index (χ3v) is 8.86. The number of aliphatic imine (C=N–C) groups is 1. The summed E-state index contributed by atoms with van der Waals surface area (Å²) in [5, 5.41) is 30.5. The Morgan fingerprint density at radius 1 is 1.15 bits per heavy atom. The van der Waals surface area contributed by atoms with Crippen LogP contribution in [0.3, 0.4) is 0 Å². The summed E-state index contributed by atoms with van der Waals surface area (Å²) in [5.41, 5.74) is 1.96. The Balaban J connectivity index is 2.05. The second-order valence-corrected chi connectivity index (χ2v) is 12.1. The number of alkyl halides is 3. The van der Waals surface area contributed by atoms with Gasteiger partial charge in [-0.15, -0.1) is 0 Å². The Bertz CT molecular complexity index is 1570. The van der Waals surface area contributed by atoms with E-state index in [-0.39, 0.29) is 41.9 Å². The molecule has 0 saturated heterocycles. The van der Waals surface area contributed by atoms with Crippen molar-refractivity contribution in [2.75, 3.05) is 6.54 Å². The molecule has 1 unspecified atom stereocenters. The zero-order valence-corrected chi connectivity index (χ0v) is 27.2. The van der Waals surface area contributed by atoms with E-state index in [4.69, 9.17) is 0 Å². The Hall–Kier alpha value is -4.19. The van der Waals surface area contributed by atoms with Crippen LogP contribution in [0.25, 0.3) is 0 Å². The number of carbonyl (C=O) groups excluding carboxylic acids is 2. The fourth-order valence-electron chi connectivity index (χ4n) is 6.01. The van der Waals surface area contributed by atoms with Crippen LogP contribution in [0.2, 0.25) is 0 Å². The fourth-order valence-corrected chi connectivity index (χ4v) is 6.01. The SMILES string of the molecule is CC=C(C=C(CC(CC)Cc1c(O)cccc1O)C(=O)C1(c2c(C)cc(C#N)cc2C(=O)CC)CC1)CCCN=C(C)C(F)(F)F. The zero-order valence-electron chi connectivity index (χ0n) is 27.2. The van der Waals surface area contributed by atoms with Gasteiger partial charge >= 0.3 is 6.18 Å². The molecule has 0 amide bonds. The van der Waals surface area contributed by atoms with Gasteiger partial charge in [0.05, 0.1) is 17.0 Å². The molecule has 2 N–H and O–H groups in total. The summed E-state index contributed by atoms with van der Waals surface area (Å²) in [6.45, 7) is 8.27. The third-order valence-electron chi connectivity index (χ3n) is 8.86. The van der Waals surface area contributed by atoms with Gasteiger partial charge in [-0.3, -0.25) is 14.6 Å². The molecular formula is C37H43F3N2O4. The lowest BCUT2D eigenvalue weighted by Gasteiger charge is -2.25. The average molecular weight is 637 g/mol. The van der Waals surface area contributed by atoms with E-state index < -0.39 is 17.3 Å². The van der Waals surface area contributed by atoms with E-state index in [1.54, 1.807) is 25.1 Å². The Labute approximate surface area is 269 Å². The van der Waals surface area contributed by atoms with Gasteiger partial charge in [0.15, 0.2) is 11.6 Å². The summed E-state index contributed by atoms with van der Waals surface area (Å²) < 4.78 is 38.7. The molecule has 0 aliphatic heterocycles. The smallest absolute Gasteiger partial charge is 0.428 e. The Morgan fingerprint density at radius 2 is 1.80 bits per heavy atom. The van der Waals surface area contributed by atoms with Crippen LogP contribution in [0.5, 0.6) is 11.5 Å². The molecule has 0 heterocycles. The minimum Gasteiger partial charge on any atom is -0.508 e. The highest BCUT2D eigenvalue weighted by molar-refractivity contribution is 6.09. The van der Waals surface area contributed by atoms with Crippen molar-refractivity contribution in [3.8, 4) is 17.6 Å². The number of aromatic hydroxyl groups is 2. The molecule has 2 aromatic rings. The number of ketones is 2. The Kier molecular flexibility index (Phi) is 12.1. The highest BCUT2D eigenvalue weighted by Gasteiger charge is 2.54. The molecule has 0 aromatic heterocycles. The van der Waals surface area contributed by atoms with E-state index in [0.717, 1.165) is 12.5 Å². The van der Waals surface area contributed by atoms with Crippen molar-refractivity contribution in [3.63, 3.8) is 0 Å². The van der Waals surface area contributed by atoms with E-state index in [0.29, 0.717) is 78.3 Å². The number of allylic oxidation sites excluding steroid dienone is 4. The second kappa shape index (κ2) is 15.4. The number of nitriles is 1. The lowest BCUT2D eigenvalue weighted by Crippen LogP contribution is -2.27. The highest BCUT2D eigenvalue weighted by atomic mass is 19.4. The lowest BCUT2D eigenvalue weighted by atomic mass is 9.77. The summed E-state index contributed by atoms with van der Waals surface area (Å²) in [7, 11) is 0. The van der Waals surface area contributed by atoms with Crippen LogP contribution in [0.15, 0.2) is 58.6 Å². The number of halogens is 3. The molecule has 0 spiro atoms. The second-order valence-electron chi connectivity index (χ2n) is 12.1. The van der Waals surface area contributed by atoms with Gasteiger partial charge in [0.1, 0.15) is 17.2 Å². The number of hydrogen-bond acceptors (Lipinski definition) is 6. The van der Waals surface area contributed by atoms with Gasteiger partial charge in [-0.1, -0.05) is 44.1 Å². The number of phenols is 2. The van der Waals surface area contributed by atoms with Crippen molar-refractivity contribution in [3.05, 3.63) is 81.4 Å². The third kappa shape index (κ3) is 8.54. The number of benzene rings is 2. The van der Waals surface area contributed by atoms with Gasteiger partial charge in [0.25, 0.3) is 0 Å². The van der Waals surface area contributed by atoms with Gasteiger partial charge in [-0.25, -0.2) is 0 Å². The summed E-state index contributed by atoms with van der Waals surface area (Å²) in [6, 6.07) is 9.94. The van der Waals surface area contributed by atoms with E-state index in [1.165, 1.54) is 12.1 Å². The predicted molar refractivity (Wildman–Crippen MR) is 173 cm³/mol. The number of hydrogen-bond donors (Lipinski definition) is 2. The standard InChI is InChI=1S/C37H43F3N2O4/c1-6-25(11-10-16-42-24(5)37(38,39)40)18-28(19-26(7-2)20-29-32(44)12-9-13-33(29)45)35(46)36(14-15-36)34-23(4)17-27(22-41)21-30(34)31(43)8-3/h6,9,12-13,17-18,21,26,44-45H,7-8,10-11,14-16,19-20H2,1-5H3. The molecule has 0 radical (unpaired) electrons. The van der Waals surface area contributed by atoms with Crippen LogP contribution in [0.1, 0.15) is 105 Å². The number of phenolic OH excluding ortho intramolecular Hbond substituents is 2. The van der Waals surface area contributed by atoms with Gasteiger partial charge < -0.3 is 10.2 Å². The molecular weight excluding hydrogens is 593 g/mol. The monoisotopic (exact) mass is 636 g/mol. The molecule has 246 valence electrons. The van der Waals surface area contributed by atoms with Crippen LogP contribution in [0, 0.1) is 24.2 Å². The number of rotatable bonds is 15. The Morgan fingerprint density at radius 3 is 2.33 bits per heavy atom. The quantitative estimate of drug-likeness (QED) is 0.0667. The van der Waals surface area contributed by atoms with Gasteiger partial charge in [-0.05, 0) is 106 Å². The fraction of sp³-hybridized carbons (Fsp3) is 0.459. The van der Waals surface area contributed by atoms with E-state index in [2.05, 4.69) is 11.1 Å². The van der Waals surface area contributed by atoms with Crippen molar-refractivity contribution < 1.29 is 33.0 Å². The molecule has 1 aliphatic carbocycles. The molecule has 3 rings (SSSR count). The maximum Gasteiger partial charge on any atom is 0.428 e. The number of carbonyl (C=O) groups is 2. The highest BCUT2D eigenvalue weighted by Crippen LogP contribution is 2.54. The molecule has 9 heteroatoms. The van der Waals surface area contributed by atoms with Crippen LogP contribution >= 0.6 is 0 Å². The van der Waals surface area contributed by atoms with Crippen molar-refractivity contribution in [1.82, 2.24) is 0 Å². The first-order chi connectivity index (χ1) is 21.7. The van der Waals surface area contributed by atoms with Crippen molar-refractivity contribution >= 4 is 17.3 Å². The summed E-state index contributed by atoms with van der Waals surface area (Å²) in [5.74, 6) is -0.482. The first kappa shape index (κ1) is 36.3. The largest absolute Gasteiger partial charge is 0.508 e. The topological polar surface area (TPSA) is 111 Å². The molecule has 1 saturated carbocycles. The maximum absolute atomic E-state index is 14.7. The summed E-state index contributed by atoms with van der Waals surface area (Å²) >= 11 is 0. The van der Waals surface area contributed by atoms with Gasteiger partial charge in [-0.2, -0.15) is 18.4 Å². The van der Waals surface area contributed by atoms with Crippen molar-refractivity contribution in [2.24, 2.45) is 10.9 Å². The number of nitrogens with zero attached hydrogens (tertiary/aromatic N) is 2. The summed E-state index contributed by atoms with van der Waals surface area (Å²) in [4.78, 5) is 31.5. The predicted octanol–water partition coefficient (Wildman–Crippen LogP) is 8.81. The zero-order chi connectivity index (χ0) is 34.2. The minimum atomic E-state index is -4.47. The van der Waals surface area contributed by atoms with Crippen molar-refractivity contribution in [2.45, 2.75) is 97.6 Å².